The van der Waals surface area contributed by atoms with E-state index in [9.17, 15) is 4.79 Å². The van der Waals surface area contributed by atoms with Crippen LogP contribution in [0.5, 0.6) is 5.75 Å². The number of benzene rings is 1. The average Bonchev–Trinajstić information content (AvgIpc) is 3.18. The van der Waals surface area contributed by atoms with E-state index in [-0.39, 0.29) is 6.79 Å². The standard InChI is InChI=1S/C26H29N3O4S/c1-7-31-17-32-20-13-14-21-22(16-20)34-24(28-21)11-9-8-10-19-12-15-23(27-18(19)2)29(6)25(30)33-26(3,4)5/h9,11-16H,7,17H2,1-6H3/b11-9+. The van der Waals surface area contributed by atoms with Crippen LogP contribution in [0.2, 0.25) is 0 Å². The van der Waals surface area contributed by atoms with Gasteiger partial charge < -0.3 is 14.2 Å². The fourth-order valence-electron chi connectivity index (χ4n) is 2.80. The van der Waals surface area contributed by atoms with Crippen molar-refractivity contribution in [2.45, 2.75) is 40.2 Å². The van der Waals surface area contributed by atoms with Gasteiger partial charge in [0, 0.05) is 19.2 Å². The number of nitrogens with zero attached hydrogens (tertiary/aromatic N) is 3. The number of aryl methyl sites for hydroxylation is 1. The molecule has 8 heteroatoms. The maximum absolute atomic E-state index is 12.3. The second kappa shape index (κ2) is 11.1. The largest absolute Gasteiger partial charge is 0.468 e. The highest BCUT2D eigenvalue weighted by Gasteiger charge is 2.21. The fourth-order valence-corrected chi connectivity index (χ4v) is 3.70. The average molecular weight is 480 g/mol. The highest BCUT2D eigenvalue weighted by atomic mass is 32.1. The number of thiazole rings is 1. The Balaban J connectivity index is 1.66. The maximum Gasteiger partial charge on any atom is 0.415 e. The molecular formula is C26H29N3O4S. The number of rotatable bonds is 6. The second-order valence-electron chi connectivity index (χ2n) is 8.38. The van der Waals surface area contributed by atoms with Crippen molar-refractivity contribution in [2.24, 2.45) is 0 Å². The summed E-state index contributed by atoms with van der Waals surface area (Å²) in [4.78, 5) is 22.7. The van der Waals surface area contributed by atoms with Crippen LogP contribution >= 0.6 is 11.3 Å². The Hall–Kier alpha value is -3.41. The summed E-state index contributed by atoms with van der Waals surface area (Å²) in [6.07, 6.45) is 3.20. The maximum atomic E-state index is 12.3. The van der Waals surface area contributed by atoms with E-state index in [4.69, 9.17) is 14.2 Å². The first-order valence-corrected chi connectivity index (χ1v) is 11.7. The van der Waals surface area contributed by atoms with E-state index in [1.807, 2.05) is 65.0 Å². The van der Waals surface area contributed by atoms with Crippen molar-refractivity contribution in [1.29, 1.82) is 0 Å². The highest BCUT2D eigenvalue weighted by Crippen LogP contribution is 2.27. The van der Waals surface area contributed by atoms with Gasteiger partial charge in [-0.2, -0.15) is 0 Å². The summed E-state index contributed by atoms with van der Waals surface area (Å²) in [6, 6.07) is 9.37. The number of amides is 1. The van der Waals surface area contributed by atoms with Gasteiger partial charge in [-0.05, 0) is 77.1 Å². The first-order chi connectivity index (χ1) is 16.2. The highest BCUT2D eigenvalue weighted by molar-refractivity contribution is 7.19. The Morgan fingerprint density at radius 2 is 2.00 bits per heavy atom. The summed E-state index contributed by atoms with van der Waals surface area (Å²) in [6.45, 7) is 10.1. The Bertz CT molecular complexity index is 1250. The molecule has 3 aromatic rings. The minimum absolute atomic E-state index is 0.232. The minimum Gasteiger partial charge on any atom is -0.468 e. The molecule has 2 aromatic heterocycles. The van der Waals surface area contributed by atoms with Gasteiger partial charge in [0.25, 0.3) is 0 Å². The lowest BCUT2D eigenvalue weighted by atomic mass is 10.2. The number of pyridine rings is 1. The first-order valence-electron chi connectivity index (χ1n) is 10.9. The molecule has 0 aliphatic carbocycles. The molecular weight excluding hydrogens is 450 g/mol. The molecule has 0 atom stereocenters. The van der Waals surface area contributed by atoms with Crippen LogP contribution in [0.4, 0.5) is 10.6 Å². The van der Waals surface area contributed by atoms with Gasteiger partial charge in [0.2, 0.25) is 0 Å². The predicted molar refractivity (Wildman–Crippen MR) is 136 cm³/mol. The number of carbonyl (C=O) groups is 1. The number of anilines is 1. The lowest BCUT2D eigenvalue weighted by Gasteiger charge is -2.24. The molecule has 0 unspecified atom stereocenters. The topological polar surface area (TPSA) is 73.8 Å². The molecule has 0 bridgehead atoms. The van der Waals surface area contributed by atoms with Gasteiger partial charge in [0.15, 0.2) is 6.79 Å². The molecule has 3 rings (SSSR count). The van der Waals surface area contributed by atoms with Crippen molar-refractivity contribution in [3.63, 3.8) is 0 Å². The Morgan fingerprint density at radius 1 is 1.21 bits per heavy atom. The molecule has 0 spiro atoms. The molecule has 0 fully saturated rings. The van der Waals surface area contributed by atoms with Gasteiger partial charge in [-0.15, -0.1) is 11.3 Å². The minimum atomic E-state index is -0.568. The number of aromatic nitrogens is 2. The molecule has 7 nitrogen and oxygen atoms in total. The quantitative estimate of drug-likeness (QED) is 0.252. The van der Waals surface area contributed by atoms with Crippen molar-refractivity contribution < 1.29 is 19.0 Å². The molecule has 0 saturated carbocycles. The monoisotopic (exact) mass is 479 g/mol. The van der Waals surface area contributed by atoms with Crippen LogP contribution in [0.25, 0.3) is 16.3 Å². The Labute approximate surface area is 204 Å². The number of allylic oxidation sites excluding steroid dienone is 1. The van der Waals surface area contributed by atoms with Gasteiger partial charge >= 0.3 is 6.09 Å². The third-order valence-corrected chi connectivity index (χ3v) is 5.47. The fraction of sp³-hybridized carbons (Fsp3) is 0.346. The van der Waals surface area contributed by atoms with E-state index < -0.39 is 11.7 Å². The molecule has 0 radical (unpaired) electrons. The van der Waals surface area contributed by atoms with Crippen molar-refractivity contribution >= 4 is 39.5 Å². The Morgan fingerprint density at radius 3 is 2.71 bits per heavy atom. The molecule has 34 heavy (non-hydrogen) atoms. The van der Waals surface area contributed by atoms with Crippen LogP contribution in [0.15, 0.2) is 36.4 Å². The molecule has 178 valence electrons. The molecule has 0 N–H and O–H groups in total. The van der Waals surface area contributed by atoms with E-state index in [0.29, 0.717) is 12.4 Å². The van der Waals surface area contributed by atoms with Gasteiger partial charge in [-0.25, -0.2) is 14.8 Å². The van der Waals surface area contributed by atoms with Crippen LogP contribution in [-0.4, -0.2) is 42.1 Å². The summed E-state index contributed by atoms with van der Waals surface area (Å²) >= 11 is 1.56. The van der Waals surface area contributed by atoms with Gasteiger partial charge in [-0.3, -0.25) is 4.90 Å². The molecule has 0 aliphatic rings. The van der Waals surface area contributed by atoms with Crippen LogP contribution in [0.3, 0.4) is 0 Å². The Kier molecular flexibility index (Phi) is 8.26. The summed E-state index contributed by atoms with van der Waals surface area (Å²) in [5, 5.41) is 0.857. The van der Waals surface area contributed by atoms with Crippen molar-refractivity contribution in [1.82, 2.24) is 9.97 Å². The zero-order valence-corrected chi connectivity index (χ0v) is 21.2. The van der Waals surface area contributed by atoms with Crippen molar-refractivity contribution in [3.8, 4) is 17.6 Å². The zero-order valence-electron chi connectivity index (χ0n) is 20.3. The van der Waals surface area contributed by atoms with Gasteiger partial charge in [0.05, 0.1) is 15.9 Å². The van der Waals surface area contributed by atoms with Crippen LogP contribution in [0, 0.1) is 18.8 Å². The number of ether oxygens (including phenoxy) is 3. The van der Waals surface area contributed by atoms with E-state index in [1.165, 1.54) is 4.90 Å². The normalized spacial score (nSPS) is 11.4. The molecule has 1 amide bonds. The molecule has 0 aliphatic heterocycles. The van der Waals surface area contributed by atoms with Crippen LogP contribution in [0.1, 0.15) is 44.0 Å². The molecule has 2 heterocycles. The summed E-state index contributed by atoms with van der Waals surface area (Å²) < 4.78 is 17.2. The SMILES string of the molecule is CCOCOc1ccc2nc(/C=C/C#Cc3ccc(N(C)C(=O)OC(C)(C)C)nc3C)sc2c1. The van der Waals surface area contributed by atoms with Gasteiger partial charge in [-0.1, -0.05) is 11.8 Å². The number of carbonyl (C=O) groups excluding carboxylic acids is 1. The smallest absolute Gasteiger partial charge is 0.415 e. The number of fused-ring (bicyclic) bond motifs is 1. The predicted octanol–water partition coefficient (Wildman–Crippen LogP) is 5.81. The number of hydrogen-bond acceptors (Lipinski definition) is 7. The number of hydrogen-bond donors (Lipinski definition) is 0. The lowest BCUT2D eigenvalue weighted by molar-refractivity contribution is 0.0225. The van der Waals surface area contributed by atoms with E-state index >= 15 is 0 Å². The summed E-state index contributed by atoms with van der Waals surface area (Å²) in [7, 11) is 1.63. The van der Waals surface area contributed by atoms with Crippen molar-refractivity contribution in [2.75, 3.05) is 25.3 Å². The lowest BCUT2D eigenvalue weighted by Crippen LogP contribution is -2.34. The third kappa shape index (κ3) is 7.04. The van der Waals surface area contributed by atoms with Gasteiger partial charge in [0.1, 0.15) is 22.2 Å². The van der Waals surface area contributed by atoms with E-state index in [1.54, 1.807) is 30.5 Å². The van der Waals surface area contributed by atoms with E-state index in [2.05, 4.69) is 21.8 Å². The molecule has 1 aromatic carbocycles. The van der Waals surface area contributed by atoms with Crippen molar-refractivity contribution in [3.05, 3.63) is 52.7 Å². The summed E-state index contributed by atoms with van der Waals surface area (Å²) in [5.74, 6) is 7.39. The molecule has 0 saturated heterocycles. The first kappa shape index (κ1) is 25.2. The van der Waals surface area contributed by atoms with E-state index in [0.717, 1.165) is 32.2 Å². The van der Waals surface area contributed by atoms with Crippen LogP contribution in [-0.2, 0) is 9.47 Å². The second-order valence-corrected chi connectivity index (χ2v) is 9.44. The van der Waals surface area contributed by atoms with Crippen LogP contribution < -0.4 is 9.64 Å². The summed E-state index contributed by atoms with van der Waals surface area (Å²) in [5.41, 5.74) is 1.85. The zero-order chi connectivity index (χ0) is 24.7. The third-order valence-electron chi connectivity index (χ3n) is 4.49.